The minimum absolute atomic E-state index is 0. The van der Waals surface area contributed by atoms with Gasteiger partial charge in [-0.15, -0.1) is 24.0 Å². The molecular weight excluding hydrogens is 451 g/mol. The number of benzene rings is 2. The monoisotopic (exact) mass is 478 g/mol. The number of hydrogen-bond donors (Lipinski definition) is 2. The lowest BCUT2D eigenvalue weighted by atomic mass is 10.1. The van der Waals surface area contributed by atoms with Crippen LogP contribution in [0.5, 0.6) is 0 Å². The summed E-state index contributed by atoms with van der Waals surface area (Å²) in [5.41, 5.74) is 11.6. The van der Waals surface area contributed by atoms with Crippen LogP contribution in [0.1, 0.15) is 29.5 Å². The molecule has 1 amide bonds. The maximum Gasteiger partial charge on any atom is 0.227 e. The number of carbonyl (C=O) groups excluding carboxylic acids is 1. The molecule has 1 aliphatic heterocycles. The summed E-state index contributed by atoms with van der Waals surface area (Å²) in [7, 11) is 0. The molecule has 0 aromatic heterocycles. The average molecular weight is 478 g/mol. The van der Waals surface area contributed by atoms with Crippen molar-refractivity contribution in [3.05, 3.63) is 59.2 Å². The molecule has 0 atom stereocenters. The molecule has 1 aliphatic rings. The minimum atomic E-state index is 0. The standard InChI is InChI=1S/C21H26N4O.HI/c1-15-9-10-18(14-16(15)2)24-21(22)23-12-5-8-20(26)25-13-11-17-6-3-4-7-19(17)25;/h3-4,6-7,9-10,14H,5,8,11-13H2,1-2H3,(H3,22,23,24);1H. The third-order valence-corrected chi connectivity index (χ3v) is 4.80. The molecule has 0 saturated heterocycles. The first-order chi connectivity index (χ1) is 12.5. The Labute approximate surface area is 178 Å². The van der Waals surface area contributed by atoms with Crippen molar-refractivity contribution in [2.45, 2.75) is 33.1 Å². The number of guanidine groups is 1. The van der Waals surface area contributed by atoms with Gasteiger partial charge >= 0.3 is 0 Å². The fraction of sp³-hybridized carbons (Fsp3) is 0.333. The molecule has 1 heterocycles. The Morgan fingerprint density at radius 1 is 1.19 bits per heavy atom. The van der Waals surface area contributed by atoms with Crippen LogP contribution in [0, 0.1) is 13.8 Å². The number of hydrogen-bond acceptors (Lipinski definition) is 2. The Balaban J connectivity index is 0.00000261. The van der Waals surface area contributed by atoms with E-state index in [1.54, 1.807) is 0 Å². The number of para-hydroxylation sites is 1. The third-order valence-electron chi connectivity index (χ3n) is 4.80. The van der Waals surface area contributed by atoms with Crippen molar-refractivity contribution in [1.29, 1.82) is 0 Å². The molecule has 0 saturated carbocycles. The fourth-order valence-electron chi connectivity index (χ4n) is 3.17. The molecule has 2 aromatic carbocycles. The van der Waals surface area contributed by atoms with Crippen LogP contribution in [0.4, 0.5) is 11.4 Å². The lowest BCUT2D eigenvalue weighted by molar-refractivity contribution is -0.118. The third kappa shape index (κ3) is 5.45. The fourth-order valence-corrected chi connectivity index (χ4v) is 3.17. The summed E-state index contributed by atoms with van der Waals surface area (Å²) in [6.07, 6.45) is 2.11. The zero-order valence-electron chi connectivity index (χ0n) is 15.9. The van der Waals surface area contributed by atoms with Crippen LogP contribution in [0.25, 0.3) is 0 Å². The second-order valence-electron chi connectivity index (χ2n) is 6.72. The largest absolute Gasteiger partial charge is 0.370 e. The van der Waals surface area contributed by atoms with Crippen molar-refractivity contribution in [3.63, 3.8) is 0 Å². The van der Waals surface area contributed by atoms with E-state index < -0.39 is 0 Å². The normalized spacial score (nSPS) is 13.1. The highest BCUT2D eigenvalue weighted by molar-refractivity contribution is 14.0. The molecule has 0 aliphatic carbocycles. The number of halogens is 1. The summed E-state index contributed by atoms with van der Waals surface area (Å²) in [5, 5.41) is 3.10. The van der Waals surface area contributed by atoms with Crippen molar-refractivity contribution >= 4 is 47.2 Å². The van der Waals surface area contributed by atoms with Crippen LogP contribution in [0.2, 0.25) is 0 Å². The van der Waals surface area contributed by atoms with Crippen LogP contribution in [0.3, 0.4) is 0 Å². The van der Waals surface area contributed by atoms with Crippen molar-refractivity contribution in [1.82, 2.24) is 0 Å². The van der Waals surface area contributed by atoms with Crippen LogP contribution < -0.4 is 16.0 Å². The summed E-state index contributed by atoms with van der Waals surface area (Å²) >= 11 is 0. The molecule has 3 rings (SSSR count). The number of aliphatic imine (C=N–C) groups is 1. The van der Waals surface area contributed by atoms with Gasteiger partial charge < -0.3 is 16.0 Å². The number of nitrogens with two attached hydrogens (primary N) is 1. The van der Waals surface area contributed by atoms with Crippen molar-refractivity contribution < 1.29 is 4.79 Å². The molecule has 0 radical (unpaired) electrons. The summed E-state index contributed by atoms with van der Waals surface area (Å²) in [4.78, 5) is 18.7. The lowest BCUT2D eigenvalue weighted by Crippen LogP contribution is -2.28. The molecule has 2 aromatic rings. The minimum Gasteiger partial charge on any atom is -0.370 e. The molecule has 0 spiro atoms. The van der Waals surface area contributed by atoms with E-state index in [1.165, 1.54) is 16.7 Å². The number of amides is 1. The van der Waals surface area contributed by atoms with Gasteiger partial charge in [-0.25, -0.2) is 0 Å². The maximum absolute atomic E-state index is 12.4. The van der Waals surface area contributed by atoms with E-state index in [-0.39, 0.29) is 29.9 Å². The first kappa shape index (κ1) is 21.2. The number of carbonyl (C=O) groups is 1. The summed E-state index contributed by atoms with van der Waals surface area (Å²) < 4.78 is 0. The summed E-state index contributed by atoms with van der Waals surface area (Å²) in [5.74, 6) is 0.540. The van der Waals surface area contributed by atoms with Crippen LogP contribution in [-0.4, -0.2) is 25.0 Å². The van der Waals surface area contributed by atoms with Gasteiger partial charge in [-0.3, -0.25) is 9.79 Å². The Morgan fingerprint density at radius 2 is 1.96 bits per heavy atom. The number of nitrogens with one attached hydrogen (secondary N) is 1. The van der Waals surface area contributed by atoms with Crippen LogP contribution >= 0.6 is 24.0 Å². The van der Waals surface area contributed by atoms with Crippen molar-refractivity contribution in [3.8, 4) is 0 Å². The number of aryl methyl sites for hydroxylation is 2. The van der Waals surface area contributed by atoms with Gasteiger partial charge in [-0.05, 0) is 61.6 Å². The highest BCUT2D eigenvalue weighted by Crippen LogP contribution is 2.28. The van der Waals surface area contributed by atoms with E-state index in [4.69, 9.17) is 5.73 Å². The van der Waals surface area contributed by atoms with Gasteiger partial charge in [0.15, 0.2) is 5.96 Å². The lowest BCUT2D eigenvalue weighted by Gasteiger charge is -2.17. The highest BCUT2D eigenvalue weighted by Gasteiger charge is 2.23. The quantitative estimate of drug-likeness (QED) is 0.295. The molecule has 0 bridgehead atoms. The number of nitrogens with zero attached hydrogens (tertiary/aromatic N) is 2. The van der Waals surface area contributed by atoms with Gasteiger partial charge in [0.1, 0.15) is 0 Å². The topological polar surface area (TPSA) is 70.7 Å². The van der Waals surface area contributed by atoms with Gasteiger partial charge in [0, 0.05) is 30.9 Å². The van der Waals surface area contributed by atoms with E-state index in [1.807, 2.05) is 35.2 Å². The second kappa shape index (κ2) is 9.73. The van der Waals surface area contributed by atoms with E-state index in [9.17, 15) is 4.79 Å². The van der Waals surface area contributed by atoms with Gasteiger partial charge in [-0.1, -0.05) is 24.3 Å². The second-order valence-corrected chi connectivity index (χ2v) is 6.72. The highest BCUT2D eigenvalue weighted by atomic mass is 127. The van der Waals surface area contributed by atoms with E-state index >= 15 is 0 Å². The molecule has 5 nitrogen and oxygen atoms in total. The van der Waals surface area contributed by atoms with Crippen molar-refractivity contribution in [2.24, 2.45) is 10.7 Å². The van der Waals surface area contributed by atoms with Crippen LogP contribution in [-0.2, 0) is 11.2 Å². The molecule has 144 valence electrons. The number of anilines is 2. The Kier molecular flexibility index (Phi) is 7.65. The smallest absolute Gasteiger partial charge is 0.227 e. The Morgan fingerprint density at radius 3 is 2.74 bits per heavy atom. The molecule has 6 heteroatoms. The number of rotatable bonds is 5. The molecule has 3 N–H and O–H groups in total. The zero-order valence-corrected chi connectivity index (χ0v) is 18.2. The zero-order chi connectivity index (χ0) is 18.5. The van der Waals surface area contributed by atoms with E-state index in [2.05, 4.69) is 36.3 Å². The summed E-state index contributed by atoms with van der Waals surface area (Å²) in [6.45, 7) is 5.45. The summed E-state index contributed by atoms with van der Waals surface area (Å²) in [6, 6.07) is 14.2. The van der Waals surface area contributed by atoms with Gasteiger partial charge in [-0.2, -0.15) is 0 Å². The van der Waals surface area contributed by atoms with Crippen molar-refractivity contribution in [2.75, 3.05) is 23.3 Å². The van der Waals surface area contributed by atoms with Crippen LogP contribution in [0.15, 0.2) is 47.5 Å². The number of fused-ring (bicyclic) bond motifs is 1. The van der Waals surface area contributed by atoms with Gasteiger partial charge in [0.05, 0.1) is 0 Å². The predicted molar refractivity (Wildman–Crippen MR) is 123 cm³/mol. The molecule has 27 heavy (non-hydrogen) atoms. The maximum atomic E-state index is 12.4. The van der Waals surface area contributed by atoms with Gasteiger partial charge in [0.2, 0.25) is 5.91 Å². The average Bonchev–Trinajstić information content (AvgIpc) is 3.06. The molecule has 0 unspecified atom stereocenters. The van der Waals surface area contributed by atoms with E-state index in [0.29, 0.717) is 25.3 Å². The Hall–Kier alpha value is -2.09. The van der Waals surface area contributed by atoms with Gasteiger partial charge in [0.25, 0.3) is 0 Å². The first-order valence-electron chi connectivity index (χ1n) is 9.07. The Bertz CT molecular complexity index is 835. The van der Waals surface area contributed by atoms with E-state index in [0.717, 1.165) is 24.3 Å². The molecule has 0 fully saturated rings. The predicted octanol–water partition coefficient (Wildman–Crippen LogP) is 4.02. The SMILES string of the molecule is Cc1ccc(NC(N)=NCCCC(=O)N2CCc3ccccc32)cc1C.I. The first-order valence-corrected chi connectivity index (χ1v) is 9.07. The molecular formula is C21H27IN4O.